The lowest BCUT2D eigenvalue weighted by Gasteiger charge is -2.17. The minimum Gasteiger partial charge on any atom is -0.497 e. The number of hydrogen-bond donors (Lipinski definition) is 4. The number of carbonyl (C=O) groups is 1. The summed E-state index contributed by atoms with van der Waals surface area (Å²) < 4.78 is 19.2. The average molecular weight is 563 g/mol. The Balaban J connectivity index is 1.41. The number of benzene rings is 1. The van der Waals surface area contributed by atoms with Gasteiger partial charge in [-0.25, -0.2) is 4.98 Å². The third-order valence-electron chi connectivity index (χ3n) is 6.60. The van der Waals surface area contributed by atoms with Gasteiger partial charge in [-0.1, -0.05) is 22.5 Å². The lowest BCUT2D eigenvalue weighted by atomic mass is 10.1. The van der Waals surface area contributed by atoms with E-state index in [4.69, 9.17) is 14.0 Å². The lowest BCUT2D eigenvalue weighted by Crippen LogP contribution is -2.41. The summed E-state index contributed by atoms with van der Waals surface area (Å²) in [5.74, 6) is 1.12. The Morgan fingerprint density at radius 3 is 2.80 bits per heavy atom. The van der Waals surface area contributed by atoms with Gasteiger partial charge in [-0.05, 0) is 19.1 Å². The van der Waals surface area contributed by atoms with Crippen LogP contribution in [0.4, 0.5) is 5.82 Å². The summed E-state index contributed by atoms with van der Waals surface area (Å²) in [6, 6.07) is 9.15. The molecule has 1 unspecified atom stereocenters. The number of anilines is 1. The highest BCUT2D eigenvalue weighted by atomic mass is 16.6. The molecule has 0 saturated carbocycles. The quantitative estimate of drug-likeness (QED) is 0.202. The Morgan fingerprint density at radius 2 is 2.05 bits per heavy atom. The highest BCUT2D eigenvalue weighted by Crippen LogP contribution is 2.33. The molecule has 0 bridgehead atoms. The highest BCUT2D eigenvalue weighted by Gasteiger charge is 2.47. The van der Waals surface area contributed by atoms with Crippen molar-refractivity contribution in [2.24, 2.45) is 0 Å². The van der Waals surface area contributed by atoms with E-state index in [1.54, 1.807) is 19.4 Å². The first-order chi connectivity index (χ1) is 19.9. The van der Waals surface area contributed by atoms with Crippen LogP contribution in [-0.2, 0) is 16.1 Å². The second kappa shape index (κ2) is 10.6. The Morgan fingerprint density at radius 1 is 1.20 bits per heavy atom. The van der Waals surface area contributed by atoms with Gasteiger partial charge in [-0.15, -0.1) is 5.10 Å². The zero-order chi connectivity index (χ0) is 28.7. The van der Waals surface area contributed by atoms with Crippen molar-refractivity contribution >= 4 is 22.9 Å². The monoisotopic (exact) mass is 562 g/mol. The molecule has 1 aromatic carbocycles. The Hall–Kier alpha value is -4.93. The molecule has 5 aromatic rings. The highest BCUT2D eigenvalue weighted by molar-refractivity contribution is 5.84. The number of nitrogens with zero attached hydrogens (tertiary/aromatic N) is 8. The van der Waals surface area contributed by atoms with E-state index in [2.05, 4.69) is 41.1 Å². The van der Waals surface area contributed by atoms with E-state index >= 15 is 0 Å². The second-order valence-corrected chi connectivity index (χ2v) is 9.31. The third kappa shape index (κ3) is 4.83. The predicted octanol–water partition coefficient (Wildman–Crippen LogP) is 0.356. The number of carbonyl (C=O) groups excluding carboxylic acids is 1. The molecule has 4 atom stereocenters. The number of aromatic nitrogens is 8. The summed E-state index contributed by atoms with van der Waals surface area (Å²) in [6.07, 6.45) is -2.30. The van der Waals surface area contributed by atoms with Gasteiger partial charge in [0.2, 0.25) is 0 Å². The van der Waals surface area contributed by atoms with Crippen LogP contribution in [0.3, 0.4) is 0 Å². The van der Waals surface area contributed by atoms with Gasteiger partial charge < -0.3 is 34.8 Å². The van der Waals surface area contributed by atoms with Crippen molar-refractivity contribution in [1.29, 1.82) is 0 Å². The van der Waals surface area contributed by atoms with Gasteiger partial charge >= 0.3 is 0 Å². The number of aliphatic hydroxyl groups excluding tert-OH is 2. The lowest BCUT2D eigenvalue weighted by molar-refractivity contribution is -0.137. The van der Waals surface area contributed by atoms with Crippen LogP contribution in [0.5, 0.6) is 5.75 Å². The summed E-state index contributed by atoms with van der Waals surface area (Å²) in [5, 5.41) is 39.2. The molecule has 6 rings (SSSR count). The fourth-order valence-electron chi connectivity index (χ4n) is 4.51. The maximum Gasteiger partial charge on any atom is 0.256 e. The molecule has 16 heteroatoms. The number of ether oxygens (including phenoxy) is 2. The maximum absolute atomic E-state index is 12.2. The molecule has 1 saturated heterocycles. The first-order valence-corrected chi connectivity index (χ1v) is 12.6. The van der Waals surface area contributed by atoms with E-state index in [0.717, 1.165) is 11.3 Å². The maximum atomic E-state index is 12.2. The van der Waals surface area contributed by atoms with Crippen molar-refractivity contribution < 1.29 is 29.0 Å². The molecule has 1 fully saturated rings. The number of fused-ring (bicyclic) bond motifs is 1. The fraction of sp³-hybridized carbons (Fsp3) is 0.320. The molecule has 1 amide bonds. The standard InChI is InChI=1S/C25H26N10O6/c1-12-7-15(41-32-12)9-27-21-17-22(34(11-28-17)24-19(37)18(36)20(40-24)23(38)26-2)30-25(29-21)35-10-16(31-33-35)13-5-4-6-14(8-13)39-3/h4-8,10-11,18-20,24,36-37H,9H2,1-3H3,(H,26,38)(H,27,29,30)/t18-,19+,20-,24?/m0/s1. The number of methoxy groups -OCH3 is 1. The van der Waals surface area contributed by atoms with Crippen molar-refractivity contribution in [2.45, 2.75) is 38.0 Å². The number of amides is 1. The fourth-order valence-corrected chi connectivity index (χ4v) is 4.51. The van der Waals surface area contributed by atoms with Gasteiger partial charge in [0.1, 0.15) is 23.7 Å². The van der Waals surface area contributed by atoms with Crippen molar-refractivity contribution in [3.8, 4) is 23.0 Å². The Labute approximate surface area is 231 Å². The van der Waals surface area contributed by atoms with Crippen molar-refractivity contribution in [1.82, 2.24) is 45.0 Å². The number of nitrogens with one attached hydrogen (secondary N) is 2. The van der Waals surface area contributed by atoms with E-state index in [0.29, 0.717) is 28.5 Å². The first-order valence-electron chi connectivity index (χ1n) is 12.6. The molecule has 1 aliphatic rings. The van der Waals surface area contributed by atoms with E-state index < -0.39 is 30.4 Å². The Bertz CT molecular complexity index is 1710. The molecule has 4 N–H and O–H groups in total. The summed E-state index contributed by atoms with van der Waals surface area (Å²) in [6.45, 7) is 2.05. The van der Waals surface area contributed by atoms with Gasteiger partial charge in [-0.2, -0.15) is 14.6 Å². The number of rotatable bonds is 8. The third-order valence-corrected chi connectivity index (χ3v) is 6.60. The van der Waals surface area contributed by atoms with Gasteiger partial charge in [-0.3, -0.25) is 9.36 Å². The largest absolute Gasteiger partial charge is 0.497 e. The summed E-state index contributed by atoms with van der Waals surface area (Å²) in [5.41, 5.74) is 2.64. The van der Waals surface area contributed by atoms with Crippen LogP contribution in [0.15, 0.2) is 47.4 Å². The van der Waals surface area contributed by atoms with E-state index in [9.17, 15) is 15.0 Å². The van der Waals surface area contributed by atoms with Gasteiger partial charge in [0.15, 0.2) is 35.1 Å². The average Bonchev–Trinajstić information content (AvgIpc) is 3.79. The number of hydrogen-bond acceptors (Lipinski definition) is 13. The molecule has 41 heavy (non-hydrogen) atoms. The second-order valence-electron chi connectivity index (χ2n) is 9.31. The van der Waals surface area contributed by atoms with Crippen LogP contribution in [0.1, 0.15) is 17.7 Å². The van der Waals surface area contributed by atoms with Crippen LogP contribution in [0.25, 0.3) is 28.4 Å². The molecule has 0 radical (unpaired) electrons. The van der Waals surface area contributed by atoms with Gasteiger partial charge in [0.05, 0.1) is 31.9 Å². The molecule has 0 aliphatic carbocycles. The minimum atomic E-state index is -1.47. The molecular weight excluding hydrogens is 536 g/mol. The van der Waals surface area contributed by atoms with Crippen molar-refractivity contribution in [3.05, 3.63) is 54.3 Å². The molecule has 0 spiro atoms. The molecule has 16 nitrogen and oxygen atoms in total. The zero-order valence-electron chi connectivity index (χ0n) is 22.2. The molecule has 4 aromatic heterocycles. The zero-order valence-corrected chi connectivity index (χ0v) is 22.2. The van der Waals surface area contributed by atoms with E-state index in [1.807, 2.05) is 31.2 Å². The normalized spacial score (nSPS) is 20.4. The smallest absolute Gasteiger partial charge is 0.256 e. The summed E-state index contributed by atoms with van der Waals surface area (Å²) in [4.78, 5) is 25.9. The van der Waals surface area contributed by atoms with Crippen LogP contribution < -0.4 is 15.4 Å². The Kier molecular flexibility index (Phi) is 6.78. The molecular formula is C25H26N10O6. The number of likely N-dealkylation sites (N-methyl/N-ethyl adjacent to an activating group) is 1. The van der Waals surface area contributed by atoms with E-state index in [-0.39, 0.29) is 18.1 Å². The summed E-state index contributed by atoms with van der Waals surface area (Å²) >= 11 is 0. The van der Waals surface area contributed by atoms with Crippen LogP contribution in [-0.4, -0.2) is 88.3 Å². The molecule has 5 heterocycles. The van der Waals surface area contributed by atoms with Crippen LogP contribution in [0.2, 0.25) is 0 Å². The van der Waals surface area contributed by atoms with Gasteiger partial charge in [0.25, 0.3) is 11.9 Å². The van der Waals surface area contributed by atoms with Crippen LogP contribution in [0, 0.1) is 6.92 Å². The molecule has 212 valence electrons. The SMILES string of the molecule is CNC(=O)[C@H]1OC(n2cnc3c(NCc4cc(C)no4)nc(-n4cc(-c5cccc(OC)c5)nn4)nc32)[C@H](O)[C@@H]1O. The first kappa shape index (κ1) is 26.3. The minimum absolute atomic E-state index is 0.132. The van der Waals surface area contributed by atoms with E-state index in [1.165, 1.54) is 22.6 Å². The van der Waals surface area contributed by atoms with Crippen LogP contribution >= 0.6 is 0 Å². The van der Waals surface area contributed by atoms with Gasteiger partial charge in [0, 0.05) is 18.7 Å². The topological polar surface area (TPSA) is 200 Å². The number of imidazole rings is 1. The van der Waals surface area contributed by atoms with Crippen molar-refractivity contribution in [3.63, 3.8) is 0 Å². The van der Waals surface area contributed by atoms with Crippen molar-refractivity contribution in [2.75, 3.05) is 19.5 Å². The predicted molar refractivity (Wildman–Crippen MR) is 141 cm³/mol. The number of aryl methyl sites for hydroxylation is 1. The molecule has 1 aliphatic heterocycles. The number of aliphatic hydroxyl groups is 2. The summed E-state index contributed by atoms with van der Waals surface area (Å²) in [7, 11) is 2.99.